The van der Waals surface area contributed by atoms with Crippen molar-refractivity contribution < 1.29 is 5.11 Å². The third-order valence-electron chi connectivity index (χ3n) is 4.03. The summed E-state index contributed by atoms with van der Waals surface area (Å²) < 4.78 is 0. The van der Waals surface area contributed by atoms with E-state index < -0.39 is 0 Å². The normalized spacial score (nSPS) is 16.7. The van der Waals surface area contributed by atoms with Crippen molar-refractivity contribution in [1.82, 2.24) is 14.9 Å². The van der Waals surface area contributed by atoms with E-state index in [2.05, 4.69) is 27.2 Å². The van der Waals surface area contributed by atoms with Crippen LogP contribution in [0.4, 0.5) is 5.82 Å². The molecule has 0 fully saturated rings. The molecule has 2 aromatic heterocycles. The Balaban J connectivity index is 2.04. The number of likely N-dealkylation sites (N-methyl/N-ethyl adjacent to an activating group) is 1. The van der Waals surface area contributed by atoms with Gasteiger partial charge in [-0.2, -0.15) is 0 Å². The van der Waals surface area contributed by atoms with Gasteiger partial charge in [-0.25, -0.2) is 9.97 Å². The van der Waals surface area contributed by atoms with Gasteiger partial charge in [-0.05, 0) is 31.7 Å². The van der Waals surface area contributed by atoms with Crippen LogP contribution in [0.2, 0.25) is 0 Å². The van der Waals surface area contributed by atoms with Crippen molar-refractivity contribution in [1.29, 1.82) is 0 Å². The Labute approximate surface area is 139 Å². The average molecular weight is 339 g/mol. The quantitative estimate of drug-likeness (QED) is 0.645. The molecule has 3 rings (SSSR count). The molecule has 0 bridgehead atoms. The average Bonchev–Trinajstić information content (AvgIpc) is 2.89. The molecule has 22 heavy (non-hydrogen) atoms. The lowest BCUT2D eigenvalue weighted by Crippen LogP contribution is -2.25. The van der Waals surface area contributed by atoms with E-state index in [0.29, 0.717) is 6.54 Å². The van der Waals surface area contributed by atoms with Gasteiger partial charge in [-0.3, -0.25) is 0 Å². The number of aromatic nitrogens is 2. The second-order valence-corrected chi connectivity index (χ2v) is 7.53. The largest absolute Gasteiger partial charge is 0.391 e. The molecule has 0 aliphatic carbocycles. The molecule has 1 atom stereocenters. The fourth-order valence-corrected chi connectivity index (χ4v) is 4.40. The first-order valence-corrected chi connectivity index (χ1v) is 9.63. The van der Waals surface area contributed by atoms with E-state index in [9.17, 15) is 5.11 Å². The maximum atomic E-state index is 9.83. The van der Waals surface area contributed by atoms with E-state index in [4.69, 9.17) is 0 Å². The molecular weight excluding hydrogens is 316 g/mol. The summed E-state index contributed by atoms with van der Waals surface area (Å²) >= 11 is 3.33. The van der Waals surface area contributed by atoms with Crippen LogP contribution in [0.3, 0.4) is 0 Å². The monoisotopic (exact) mass is 338 g/mol. The van der Waals surface area contributed by atoms with Gasteiger partial charge >= 0.3 is 0 Å². The highest BCUT2D eigenvalue weighted by Gasteiger charge is 2.23. The van der Waals surface area contributed by atoms with Crippen molar-refractivity contribution in [2.45, 2.75) is 37.6 Å². The van der Waals surface area contributed by atoms with Gasteiger partial charge in [0.25, 0.3) is 0 Å². The van der Waals surface area contributed by atoms with Crippen LogP contribution in [0, 0.1) is 0 Å². The number of fused-ring (bicyclic) bond motifs is 3. The van der Waals surface area contributed by atoms with E-state index in [0.717, 1.165) is 47.1 Å². The molecule has 2 N–H and O–H groups in total. The summed E-state index contributed by atoms with van der Waals surface area (Å²) in [4.78, 5) is 14.1. The minimum atomic E-state index is -0.344. The molecule has 120 valence electrons. The van der Waals surface area contributed by atoms with Crippen LogP contribution in [0.5, 0.6) is 0 Å². The maximum Gasteiger partial charge on any atom is 0.190 e. The zero-order chi connectivity index (χ0) is 15.7. The van der Waals surface area contributed by atoms with Crippen LogP contribution in [-0.4, -0.2) is 52.5 Å². The number of rotatable bonds is 5. The van der Waals surface area contributed by atoms with Crippen molar-refractivity contribution in [2.24, 2.45) is 0 Å². The van der Waals surface area contributed by atoms with Crippen LogP contribution >= 0.6 is 23.1 Å². The zero-order valence-corrected chi connectivity index (χ0v) is 14.9. The summed E-state index contributed by atoms with van der Waals surface area (Å²) in [7, 11) is 2.16. The molecule has 0 aromatic carbocycles. The van der Waals surface area contributed by atoms with E-state index in [1.54, 1.807) is 23.1 Å². The Morgan fingerprint density at radius 3 is 3.00 bits per heavy atom. The second-order valence-electron chi connectivity index (χ2n) is 5.67. The number of thioether (sulfide) groups is 1. The number of thiophene rings is 1. The first kappa shape index (κ1) is 16.0. The van der Waals surface area contributed by atoms with Gasteiger partial charge in [0.15, 0.2) is 5.16 Å². The highest BCUT2D eigenvalue weighted by Crippen LogP contribution is 2.38. The van der Waals surface area contributed by atoms with Crippen molar-refractivity contribution >= 4 is 39.1 Å². The molecule has 0 spiro atoms. The van der Waals surface area contributed by atoms with Gasteiger partial charge in [-0.1, -0.05) is 18.7 Å². The number of hydrogen-bond donors (Lipinski definition) is 2. The molecule has 1 aliphatic heterocycles. The minimum Gasteiger partial charge on any atom is -0.391 e. The van der Waals surface area contributed by atoms with Crippen molar-refractivity contribution in [3.8, 4) is 0 Å². The summed E-state index contributed by atoms with van der Waals surface area (Å²) in [5.74, 6) is 0.879. The van der Waals surface area contributed by atoms with Crippen molar-refractivity contribution in [3.63, 3.8) is 0 Å². The molecule has 0 saturated heterocycles. The van der Waals surface area contributed by atoms with Crippen molar-refractivity contribution in [3.05, 3.63) is 10.4 Å². The maximum absolute atomic E-state index is 9.83. The first-order chi connectivity index (χ1) is 10.6. The molecule has 3 heterocycles. The van der Waals surface area contributed by atoms with Gasteiger partial charge in [-0.15, -0.1) is 11.3 Å². The molecule has 0 amide bonds. The Morgan fingerprint density at radius 2 is 2.27 bits per heavy atom. The molecule has 2 aromatic rings. The number of aliphatic hydroxyl groups excluding tert-OH is 1. The molecule has 0 saturated carbocycles. The molecule has 1 aliphatic rings. The van der Waals surface area contributed by atoms with Crippen LogP contribution < -0.4 is 5.32 Å². The van der Waals surface area contributed by atoms with E-state index >= 15 is 0 Å². The molecule has 0 unspecified atom stereocenters. The predicted octanol–water partition coefficient (Wildman–Crippen LogP) is 2.58. The van der Waals surface area contributed by atoms with Crippen molar-refractivity contribution in [2.75, 3.05) is 31.7 Å². The number of nitrogens with one attached hydrogen (secondary N) is 1. The molecule has 0 radical (unpaired) electrons. The SMILES string of the molecule is CC[C@@H](O)CNc1nc(SC)nc2sc3c(c12)CCN(C)C3. The Kier molecular flexibility index (Phi) is 4.87. The standard InChI is InChI=1S/C15H22N4OS2/c1-4-9(20)7-16-13-12-10-5-6-19(2)8-11(10)22-14(12)18-15(17-13)21-3/h9,20H,4-8H2,1-3H3,(H,16,17,18)/t9-/m1/s1. The third-order valence-corrected chi connectivity index (χ3v) is 5.69. The highest BCUT2D eigenvalue weighted by molar-refractivity contribution is 7.98. The van der Waals surface area contributed by atoms with Gasteiger partial charge in [0.2, 0.25) is 0 Å². The third kappa shape index (κ3) is 3.08. The summed E-state index contributed by atoms with van der Waals surface area (Å²) in [6.07, 6.45) is 3.43. The lowest BCUT2D eigenvalue weighted by atomic mass is 10.1. The van der Waals surface area contributed by atoms with E-state index in [1.807, 2.05) is 13.2 Å². The van der Waals surface area contributed by atoms with Gasteiger partial charge in [0, 0.05) is 24.5 Å². The lowest BCUT2D eigenvalue weighted by molar-refractivity contribution is 0.183. The van der Waals surface area contributed by atoms with E-state index in [1.165, 1.54) is 10.4 Å². The van der Waals surface area contributed by atoms with Gasteiger partial charge in [0.1, 0.15) is 10.6 Å². The van der Waals surface area contributed by atoms with Crippen LogP contribution in [0.1, 0.15) is 23.8 Å². The Morgan fingerprint density at radius 1 is 1.45 bits per heavy atom. The van der Waals surface area contributed by atoms with Crippen LogP contribution in [-0.2, 0) is 13.0 Å². The Bertz CT molecular complexity index is 673. The van der Waals surface area contributed by atoms with Crippen LogP contribution in [0.25, 0.3) is 10.2 Å². The summed E-state index contributed by atoms with van der Waals surface area (Å²) in [5, 5.41) is 15.1. The second kappa shape index (κ2) is 6.70. The van der Waals surface area contributed by atoms with Gasteiger partial charge in [0.05, 0.1) is 11.5 Å². The summed E-state index contributed by atoms with van der Waals surface area (Å²) in [6.45, 7) is 4.57. The first-order valence-electron chi connectivity index (χ1n) is 7.59. The summed E-state index contributed by atoms with van der Waals surface area (Å²) in [6, 6.07) is 0. The molecule has 7 heteroatoms. The number of aliphatic hydroxyl groups is 1. The predicted molar refractivity (Wildman–Crippen MR) is 94.0 cm³/mol. The van der Waals surface area contributed by atoms with Crippen LogP contribution in [0.15, 0.2) is 5.16 Å². The molecular formula is C15H22N4OS2. The molecule has 5 nitrogen and oxygen atoms in total. The summed E-state index contributed by atoms with van der Waals surface area (Å²) in [5.41, 5.74) is 1.39. The number of hydrogen-bond acceptors (Lipinski definition) is 7. The topological polar surface area (TPSA) is 61.3 Å². The fraction of sp³-hybridized carbons (Fsp3) is 0.600. The fourth-order valence-electron chi connectivity index (χ4n) is 2.68. The number of nitrogens with zero attached hydrogens (tertiary/aromatic N) is 3. The lowest BCUT2D eigenvalue weighted by Gasteiger charge is -2.22. The number of anilines is 1. The van der Waals surface area contributed by atoms with E-state index in [-0.39, 0.29) is 6.10 Å². The smallest absolute Gasteiger partial charge is 0.190 e. The van der Waals surface area contributed by atoms with Gasteiger partial charge < -0.3 is 15.3 Å². The Hall–Kier alpha value is -0.890. The highest BCUT2D eigenvalue weighted by atomic mass is 32.2. The zero-order valence-electron chi connectivity index (χ0n) is 13.2. The minimum absolute atomic E-state index is 0.344.